The lowest BCUT2D eigenvalue weighted by atomic mass is 10.1. The van der Waals surface area contributed by atoms with Gasteiger partial charge in [0.1, 0.15) is 23.2 Å². The first-order valence-electron chi connectivity index (χ1n) is 11.6. The predicted molar refractivity (Wildman–Crippen MR) is 139 cm³/mol. The van der Waals surface area contributed by atoms with Gasteiger partial charge < -0.3 is 10.4 Å². The molecule has 11 heteroatoms. The first-order chi connectivity index (χ1) is 18.2. The van der Waals surface area contributed by atoms with Crippen LogP contribution in [0.4, 0.5) is 14.6 Å². The maximum atomic E-state index is 13.4. The molecule has 5 aromatic rings. The molecule has 194 valence electrons. The highest BCUT2D eigenvalue weighted by molar-refractivity contribution is 7.89. The van der Waals surface area contributed by atoms with Crippen molar-refractivity contribution in [1.82, 2.24) is 19.3 Å². The largest absolute Gasteiger partial charge is 0.507 e. The van der Waals surface area contributed by atoms with E-state index in [9.17, 15) is 22.3 Å². The summed E-state index contributed by atoms with van der Waals surface area (Å²) in [5, 5.41) is 18.1. The predicted octanol–water partition coefficient (Wildman–Crippen LogP) is 4.78. The second kappa shape index (κ2) is 10.2. The summed E-state index contributed by atoms with van der Waals surface area (Å²) in [5.74, 6) is -1.12. The van der Waals surface area contributed by atoms with Crippen molar-refractivity contribution < 1.29 is 22.3 Å². The molecule has 0 saturated carbocycles. The molecule has 0 spiro atoms. The van der Waals surface area contributed by atoms with E-state index in [1.54, 1.807) is 41.0 Å². The molecule has 38 heavy (non-hydrogen) atoms. The molecule has 0 aliphatic heterocycles. The Kier molecular flexibility index (Phi) is 6.79. The lowest BCUT2D eigenvalue weighted by Gasteiger charge is -2.12. The van der Waals surface area contributed by atoms with Crippen LogP contribution in [0.3, 0.4) is 0 Å². The second-order valence-electron chi connectivity index (χ2n) is 8.71. The van der Waals surface area contributed by atoms with Gasteiger partial charge in [0, 0.05) is 36.3 Å². The number of nitrogens with one attached hydrogen (secondary N) is 2. The van der Waals surface area contributed by atoms with Crippen LogP contribution in [0.5, 0.6) is 5.75 Å². The fraction of sp³-hybridized carbons (Fsp3) is 0.111. The van der Waals surface area contributed by atoms with Gasteiger partial charge in [-0.3, -0.25) is 0 Å². The van der Waals surface area contributed by atoms with E-state index < -0.39 is 26.6 Å². The fourth-order valence-electron chi connectivity index (χ4n) is 3.94. The molecule has 3 N–H and O–H groups in total. The van der Waals surface area contributed by atoms with Gasteiger partial charge in [-0.2, -0.15) is 9.61 Å². The molecule has 5 rings (SSSR count). The van der Waals surface area contributed by atoms with Crippen LogP contribution in [-0.2, 0) is 23.1 Å². The lowest BCUT2D eigenvalue weighted by molar-refractivity contribution is 0.477. The molecular weight excluding hydrogens is 512 g/mol. The summed E-state index contributed by atoms with van der Waals surface area (Å²) in [4.78, 5) is 4.19. The molecule has 0 atom stereocenters. The van der Waals surface area contributed by atoms with Gasteiger partial charge >= 0.3 is 0 Å². The molecule has 8 nitrogen and oxygen atoms in total. The number of phenols is 1. The number of fused-ring (bicyclic) bond motifs is 1. The van der Waals surface area contributed by atoms with Crippen molar-refractivity contribution in [1.29, 1.82) is 0 Å². The van der Waals surface area contributed by atoms with Crippen molar-refractivity contribution in [2.45, 2.75) is 24.9 Å². The number of para-hydroxylation sites is 1. The number of nitrogens with zero attached hydrogens (tertiary/aromatic N) is 3. The van der Waals surface area contributed by atoms with Crippen molar-refractivity contribution in [3.05, 3.63) is 107 Å². The Hall–Kier alpha value is -4.35. The molecule has 3 aromatic carbocycles. The van der Waals surface area contributed by atoms with Crippen molar-refractivity contribution in [2.24, 2.45) is 0 Å². The molecular formula is C27H23F2N5O3S. The number of benzene rings is 3. The topological polar surface area (TPSA) is 109 Å². The molecule has 0 aliphatic carbocycles. The minimum Gasteiger partial charge on any atom is -0.507 e. The van der Waals surface area contributed by atoms with Gasteiger partial charge in [-0.25, -0.2) is 26.9 Å². The maximum absolute atomic E-state index is 13.4. The average Bonchev–Trinajstić information content (AvgIpc) is 3.27. The van der Waals surface area contributed by atoms with Crippen LogP contribution in [0.25, 0.3) is 16.9 Å². The number of aryl methyl sites for hydroxylation is 1. The Morgan fingerprint density at radius 3 is 2.26 bits per heavy atom. The zero-order valence-electron chi connectivity index (χ0n) is 20.2. The number of phenolic OH excluding ortho intramolecular Hbond substituents is 1. The third-order valence-electron chi connectivity index (χ3n) is 5.94. The summed E-state index contributed by atoms with van der Waals surface area (Å²) in [5.41, 5.74) is 4.34. The van der Waals surface area contributed by atoms with Crippen molar-refractivity contribution in [2.75, 3.05) is 5.32 Å². The monoisotopic (exact) mass is 535 g/mol. The van der Waals surface area contributed by atoms with Crippen LogP contribution in [0.15, 0.2) is 83.9 Å². The highest BCUT2D eigenvalue weighted by Crippen LogP contribution is 2.30. The summed E-state index contributed by atoms with van der Waals surface area (Å²) in [7, 11) is -4.08. The Morgan fingerprint density at radius 2 is 1.58 bits per heavy atom. The molecule has 0 fully saturated rings. The van der Waals surface area contributed by atoms with Crippen molar-refractivity contribution in [3.8, 4) is 17.0 Å². The number of anilines is 1. The molecule has 0 unspecified atom stereocenters. The van der Waals surface area contributed by atoms with E-state index in [0.717, 1.165) is 23.3 Å². The normalized spacial score (nSPS) is 11.7. The number of sulfonamides is 1. The molecule has 0 amide bonds. The minimum absolute atomic E-state index is 0.0460. The first-order valence-corrected chi connectivity index (χ1v) is 13.1. The van der Waals surface area contributed by atoms with E-state index in [-0.39, 0.29) is 12.3 Å². The van der Waals surface area contributed by atoms with E-state index in [1.807, 2.05) is 31.2 Å². The van der Waals surface area contributed by atoms with Gasteiger partial charge in [0.25, 0.3) is 0 Å². The smallest absolute Gasteiger partial charge is 0.241 e. The van der Waals surface area contributed by atoms with Gasteiger partial charge in [-0.1, -0.05) is 36.4 Å². The van der Waals surface area contributed by atoms with E-state index in [1.165, 1.54) is 0 Å². The molecule has 0 bridgehead atoms. The Labute approximate surface area is 217 Å². The van der Waals surface area contributed by atoms with E-state index in [2.05, 4.69) is 20.1 Å². The molecule has 0 aliphatic rings. The summed E-state index contributed by atoms with van der Waals surface area (Å²) in [6.07, 6.45) is 1.72. The Bertz CT molecular complexity index is 1720. The van der Waals surface area contributed by atoms with Crippen LogP contribution >= 0.6 is 0 Å². The Balaban J connectivity index is 1.30. The van der Waals surface area contributed by atoms with E-state index >= 15 is 0 Å². The van der Waals surface area contributed by atoms with Gasteiger partial charge in [0.2, 0.25) is 10.0 Å². The molecule has 0 radical (unpaired) electrons. The highest BCUT2D eigenvalue weighted by Gasteiger charge is 2.16. The van der Waals surface area contributed by atoms with Gasteiger partial charge in [-0.05, 0) is 42.3 Å². The number of hydrogen-bond donors (Lipinski definition) is 3. The molecule has 2 aromatic heterocycles. The summed E-state index contributed by atoms with van der Waals surface area (Å²) in [6.45, 7) is 2.30. The molecule has 2 heterocycles. The summed E-state index contributed by atoms with van der Waals surface area (Å²) < 4.78 is 55.7. The molecule has 0 saturated heterocycles. The Morgan fingerprint density at radius 1 is 0.921 bits per heavy atom. The SMILES string of the molecule is Cc1cnn2c(NCc3ccc(CNS(=O)(=O)c4cc(F)cc(F)c4)cc3)cc(-c3ccccc3O)nc12. The number of rotatable bonds is 8. The van der Waals surface area contributed by atoms with Crippen molar-refractivity contribution >= 4 is 21.5 Å². The van der Waals surface area contributed by atoms with Crippen LogP contribution in [0.2, 0.25) is 0 Å². The van der Waals surface area contributed by atoms with Gasteiger partial charge in [0.15, 0.2) is 5.65 Å². The number of aromatic hydroxyl groups is 1. The quantitative estimate of drug-likeness (QED) is 0.264. The third-order valence-corrected chi connectivity index (χ3v) is 7.32. The summed E-state index contributed by atoms with van der Waals surface area (Å²) >= 11 is 0. The van der Waals surface area contributed by atoms with Gasteiger partial charge in [-0.15, -0.1) is 0 Å². The third kappa shape index (κ3) is 5.34. The first kappa shape index (κ1) is 25.3. The average molecular weight is 536 g/mol. The minimum atomic E-state index is -4.08. The van der Waals surface area contributed by atoms with Crippen LogP contribution < -0.4 is 10.0 Å². The van der Waals surface area contributed by atoms with Crippen LogP contribution in [0, 0.1) is 18.6 Å². The van der Waals surface area contributed by atoms with E-state index in [0.29, 0.717) is 40.9 Å². The number of halogens is 2. The van der Waals surface area contributed by atoms with Crippen molar-refractivity contribution in [3.63, 3.8) is 0 Å². The fourth-order valence-corrected chi connectivity index (χ4v) is 5.00. The zero-order chi connectivity index (χ0) is 26.9. The van der Waals surface area contributed by atoms with Gasteiger partial charge in [0.05, 0.1) is 16.8 Å². The number of aromatic nitrogens is 3. The standard InChI is InChI=1S/C27H23F2N5O3S/c1-17-14-31-34-26(13-24(33-27(17)34)23-4-2-3-5-25(23)35)30-15-18-6-8-19(9-7-18)16-32-38(36,37)22-11-20(28)10-21(29)12-22/h2-14,30,32,35H,15-16H2,1H3. The van der Waals surface area contributed by atoms with Crippen LogP contribution in [-0.4, -0.2) is 28.1 Å². The van der Waals surface area contributed by atoms with E-state index in [4.69, 9.17) is 0 Å². The maximum Gasteiger partial charge on any atom is 0.241 e. The summed E-state index contributed by atoms with van der Waals surface area (Å²) in [6, 6.07) is 18.1. The van der Waals surface area contributed by atoms with Crippen LogP contribution in [0.1, 0.15) is 16.7 Å². The number of hydrogen-bond acceptors (Lipinski definition) is 6. The second-order valence-corrected chi connectivity index (χ2v) is 10.5. The highest BCUT2D eigenvalue weighted by atomic mass is 32.2. The lowest BCUT2D eigenvalue weighted by Crippen LogP contribution is -2.23. The zero-order valence-corrected chi connectivity index (χ0v) is 21.0.